The van der Waals surface area contributed by atoms with Gasteiger partial charge in [0.05, 0.1) is 34.4 Å². The van der Waals surface area contributed by atoms with Crippen LogP contribution in [-0.4, -0.2) is 50.3 Å². The minimum atomic E-state index is -3.60. The van der Waals surface area contributed by atoms with Gasteiger partial charge < -0.3 is 14.8 Å². The molecule has 2 fully saturated rings. The largest absolute Gasteiger partial charge is 0.355 e. The maximum Gasteiger partial charge on any atom is 0.243 e. The molecular formula is C24H26BrN3O4S2. The molecule has 180 valence electrons. The first-order valence-corrected chi connectivity index (χ1v) is 14.7. The minimum Gasteiger partial charge on any atom is -0.355 e. The third-order valence-electron chi connectivity index (χ3n) is 6.93. The number of hydrogen-bond donors (Lipinski definition) is 1. The third kappa shape index (κ3) is 4.29. The molecule has 7 nitrogen and oxygen atoms in total. The Bertz CT molecular complexity index is 1320. The number of fused-ring (bicyclic) bond motifs is 2. The van der Waals surface area contributed by atoms with E-state index in [0.29, 0.717) is 31.2 Å². The molecule has 6 rings (SSSR count). The fraction of sp³-hybridized carbons (Fsp3) is 0.458. The van der Waals surface area contributed by atoms with E-state index in [2.05, 4.69) is 39.4 Å². The van der Waals surface area contributed by atoms with Crippen LogP contribution in [-0.2, 0) is 25.9 Å². The van der Waals surface area contributed by atoms with Crippen molar-refractivity contribution in [1.82, 2.24) is 9.29 Å². The lowest BCUT2D eigenvalue weighted by Gasteiger charge is -2.33. The molecule has 1 unspecified atom stereocenters. The van der Waals surface area contributed by atoms with E-state index < -0.39 is 10.0 Å². The highest BCUT2D eigenvalue weighted by Gasteiger charge is 2.36. The van der Waals surface area contributed by atoms with Gasteiger partial charge in [-0.3, -0.25) is 0 Å². The van der Waals surface area contributed by atoms with Crippen molar-refractivity contribution in [2.75, 3.05) is 31.6 Å². The first-order chi connectivity index (χ1) is 16.5. The Kier molecular flexibility index (Phi) is 6.15. The summed E-state index contributed by atoms with van der Waals surface area (Å²) in [7, 11) is -3.60. The number of sulfonamides is 1. The molecule has 2 aliphatic heterocycles. The molecular weight excluding hydrogens is 538 g/mol. The van der Waals surface area contributed by atoms with Gasteiger partial charge in [-0.25, -0.2) is 13.4 Å². The molecule has 34 heavy (non-hydrogen) atoms. The van der Waals surface area contributed by atoms with Crippen molar-refractivity contribution < 1.29 is 17.9 Å². The Morgan fingerprint density at radius 1 is 1.12 bits per heavy atom. The molecule has 3 aliphatic rings. The van der Waals surface area contributed by atoms with Crippen LogP contribution in [0.5, 0.6) is 0 Å². The number of hydrogen-bond acceptors (Lipinski definition) is 7. The van der Waals surface area contributed by atoms with Gasteiger partial charge in [0, 0.05) is 23.5 Å². The Morgan fingerprint density at radius 3 is 2.82 bits per heavy atom. The average Bonchev–Trinajstić information content (AvgIpc) is 3.59. The van der Waals surface area contributed by atoms with E-state index in [1.807, 2.05) is 6.07 Å². The summed E-state index contributed by atoms with van der Waals surface area (Å²) in [6.07, 6.45) is 3.49. The second kappa shape index (κ2) is 9.15. The number of ether oxygens (including phenoxy) is 2. The molecule has 3 aromatic rings. The molecule has 10 heteroatoms. The molecule has 1 aromatic heterocycles. The number of aryl methyl sites for hydroxylation is 1. The molecule has 0 amide bonds. The van der Waals surface area contributed by atoms with Gasteiger partial charge in [-0.1, -0.05) is 33.3 Å². The number of piperidine rings is 1. The second-order valence-corrected chi connectivity index (χ2v) is 13.0. The molecule has 0 radical (unpaired) electrons. The Morgan fingerprint density at radius 2 is 1.97 bits per heavy atom. The highest BCUT2D eigenvalue weighted by molar-refractivity contribution is 9.10. The van der Waals surface area contributed by atoms with Crippen LogP contribution in [0.1, 0.15) is 36.4 Å². The first kappa shape index (κ1) is 22.9. The van der Waals surface area contributed by atoms with Crippen molar-refractivity contribution in [2.45, 2.75) is 42.9 Å². The van der Waals surface area contributed by atoms with Gasteiger partial charge in [0.2, 0.25) is 10.0 Å². The van der Waals surface area contributed by atoms with E-state index in [4.69, 9.17) is 14.5 Å². The Balaban J connectivity index is 1.21. The number of halogens is 1. The lowest BCUT2D eigenvalue weighted by Crippen LogP contribution is -2.43. The standard InChI is InChI=1S/C24H26BrN3O4S2/c25-17-4-6-19-15(12-17)3-7-20(19)26-24-27-21-8-5-18(13-22(21)33-24)34(29,30)28-9-1-2-16(14-28)23-31-10-11-32-23/h4-6,8,12-13,16,20,23H,1-3,7,9-11,14H2,(H,26,27)/t16?,20-/m1/s1. The van der Waals surface area contributed by atoms with Crippen LogP contribution < -0.4 is 5.32 Å². The van der Waals surface area contributed by atoms with E-state index in [1.165, 1.54) is 22.5 Å². The first-order valence-electron chi connectivity index (χ1n) is 11.7. The molecule has 0 bridgehead atoms. The van der Waals surface area contributed by atoms with Crippen molar-refractivity contribution in [3.05, 3.63) is 52.0 Å². The van der Waals surface area contributed by atoms with E-state index in [0.717, 1.165) is 45.5 Å². The van der Waals surface area contributed by atoms with Crippen LogP contribution in [0.3, 0.4) is 0 Å². The summed E-state index contributed by atoms with van der Waals surface area (Å²) in [4.78, 5) is 5.04. The van der Waals surface area contributed by atoms with E-state index in [9.17, 15) is 8.42 Å². The summed E-state index contributed by atoms with van der Waals surface area (Å²) in [6, 6.07) is 11.9. The molecule has 2 atom stereocenters. The molecule has 0 saturated carbocycles. The zero-order valence-electron chi connectivity index (χ0n) is 18.6. The van der Waals surface area contributed by atoms with Crippen molar-refractivity contribution in [2.24, 2.45) is 5.92 Å². The van der Waals surface area contributed by atoms with Gasteiger partial charge in [0.25, 0.3) is 0 Å². The predicted octanol–water partition coefficient (Wildman–Crippen LogP) is 4.93. The summed E-state index contributed by atoms with van der Waals surface area (Å²) >= 11 is 5.06. The van der Waals surface area contributed by atoms with E-state index >= 15 is 0 Å². The normalized spacial score (nSPS) is 24.0. The SMILES string of the molecule is O=S(=O)(c1ccc2nc(N[C@@H]3CCc4cc(Br)ccc43)sc2c1)N1CCCC(C2OCCO2)C1. The van der Waals surface area contributed by atoms with Gasteiger partial charge in [-0.15, -0.1) is 0 Å². The number of rotatable bonds is 5. The number of benzene rings is 2. The van der Waals surface area contributed by atoms with Gasteiger partial charge in [0.1, 0.15) is 0 Å². The number of nitrogens with zero attached hydrogens (tertiary/aromatic N) is 2. The second-order valence-electron chi connectivity index (χ2n) is 9.10. The summed E-state index contributed by atoms with van der Waals surface area (Å²) in [5.74, 6) is 0.0730. The molecule has 3 heterocycles. The van der Waals surface area contributed by atoms with Crippen LogP contribution >= 0.6 is 27.3 Å². The summed E-state index contributed by atoms with van der Waals surface area (Å²) in [5, 5.41) is 4.39. The van der Waals surface area contributed by atoms with Gasteiger partial charge in [-0.05, 0) is 67.1 Å². The lowest BCUT2D eigenvalue weighted by atomic mass is 9.99. The number of thiazole rings is 1. The van der Waals surface area contributed by atoms with Crippen LogP contribution in [0.15, 0.2) is 45.8 Å². The molecule has 2 aromatic carbocycles. The van der Waals surface area contributed by atoms with Gasteiger partial charge >= 0.3 is 0 Å². The zero-order chi connectivity index (χ0) is 23.3. The smallest absolute Gasteiger partial charge is 0.243 e. The summed E-state index contributed by atoms with van der Waals surface area (Å²) < 4.78 is 41.7. The maximum absolute atomic E-state index is 13.5. The van der Waals surface area contributed by atoms with Crippen LogP contribution in [0.25, 0.3) is 10.2 Å². The number of anilines is 1. The fourth-order valence-corrected chi connectivity index (χ4v) is 8.23. The van der Waals surface area contributed by atoms with Gasteiger partial charge in [0.15, 0.2) is 11.4 Å². The predicted molar refractivity (Wildman–Crippen MR) is 136 cm³/mol. The van der Waals surface area contributed by atoms with Crippen molar-refractivity contribution in [3.8, 4) is 0 Å². The van der Waals surface area contributed by atoms with Crippen molar-refractivity contribution >= 4 is 52.6 Å². The molecule has 2 saturated heterocycles. The summed E-state index contributed by atoms with van der Waals surface area (Å²) in [5.41, 5.74) is 3.47. The zero-order valence-corrected chi connectivity index (χ0v) is 21.8. The van der Waals surface area contributed by atoms with Crippen LogP contribution in [0.2, 0.25) is 0 Å². The minimum absolute atomic E-state index is 0.0730. The maximum atomic E-state index is 13.5. The molecule has 1 aliphatic carbocycles. The Labute approximate surface area is 211 Å². The van der Waals surface area contributed by atoms with Crippen molar-refractivity contribution in [1.29, 1.82) is 0 Å². The number of aromatic nitrogens is 1. The highest BCUT2D eigenvalue weighted by atomic mass is 79.9. The quantitative estimate of drug-likeness (QED) is 0.474. The lowest BCUT2D eigenvalue weighted by molar-refractivity contribution is -0.0940. The van der Waals surface area contributed by atoms with Gasteiger partial charge in [-0.2, -0.15) is 4.31 Å². The van der Waals surface area contributed by atoms with Crippen LogP contribution in [0, 0.1) is 5.92 Å². The fourth-order valence-electron chi connectivity index (χ4n) is 5.22. The topological polar surface area (TPSA) is 80.8 Å². The molecule has 1 N–H and O–H groups in total. The molecule has 0 spiro atoms. The third-order valence-corrected chi connectivity index (χ3v) is 10.2. The van der Waals surface area contributed by atoms with E-state index in [1.54, 1.807) is 16.4 Å². The number of nitrogens with one attached hydrogen (secondary N) is 1. The van der Waals surface area contributed by atoms with E-state index in [-0.39, 0.29) is 18.2 Å². The van der Waals surface area contributed by atoms with Crippen molar-refractivity contribution in [3.63, 3.8) is 0 Å². The Hall–Kier alpha value is -1.56. The summed E-state index contributed by atoms with van der Waals surface area (Å²) in [6.45, 7) is 2.11. The average molecular weight is 565 g/mol. The highest BCUT2D eigenvalue weighted by Crippen LogP contribution is 2.38. The monoisotopic (exact) mass is 563 g/mol. The van der Waals surface area contributed by atoms with Crippen LogP contribution in [0.4, 0.5) is 5.13 Å².